The van der Waals surface area contributed by atoms with E-state index in [1.54, 1.807) is 6.07 Å². The summed E-state index contributed by atoms with van der Waals surface area (Å²) >= 11 is 0. The van der Waals surface area contributed by atoms with Crippen LogP contribution in [0.1, 0.15) is 5.56 Å². The van der Waals surface area contributed by atoms with Crippen molar-refractivity contribution in [2.24, 2.45) is 0 Å². The van der Waals surface area contributed by atoms with Crippen LogP contribution in [0.5, 0.6) is 0 Å². The summed E-state index contributed by atoms with van der Waals surface area (Å²) in [4.78, 5) is 0. The molecule has 1 rings (SSSR count). The fourth-order valence-electron chi connectivity index (χ4n) is 0.765. The van der Waals surface area contributed by atoms with E-state index in [1.807, 2.05) is 0 Å². The number of allylic oxidation sites excluding steroid dienone is 1. The van der Waals surface area contributed by atoms with E-state index >= 15 is 0 Å². The Labute approximate surface area is 69.2 Å². The quantitative estimate of drug-likeness (QED) is 0.509. The lowest BCUT2D eigenvalue weighted by molar-refractivity contribution is 0.512. The Hall–Kier alpha value is -1.82. The van der Waals surface area contributed by atoms with Crippen molar-refractivity contribution in [1.82, 2.24) is 0 Å². The van der Waals surface area contributed by atoms with Crippen LogP contribution >= 0.6 is 0 Å². The van der Waals surface area contributed by atoms with Gasteiger partial charge in [0, 0.05) is 5.56 Å². The summed E-state index contributed by atoms with van der Waals surface area (Å²) in [6.07, 6.45) is 0.993. The van der Waals surface area contributed by atoms with Crippen molar-refractivity contribution < 1.29 is 9.50 Å². The number of aliphatic hydroxyl groups is 1. The molecule has 0 heterocycles. The molecule has 0 aliphatic carbocycles. The molecule has 0 amide bonds. The first-order valence-electron chi connectivity index (χ1n) is 3.28. The number of hydrogen-bond donors (Lipinski definition) is 1. The van der Waals surface area contributed by atoms with E-state index in [1.165, 1.54) is 24.3 Å². The van der Waals surface area contributed by atoms with Crippen LogP contribution in [0.15, 0.2) is 30.3 Å². The molecule has 0 unspecified atom stereocenters. The first-order valence-corrected chi connectivity index (χ1v) is 3.28. The summed E-state index contributed by atoms with van der Waals surface area (Å²) in [5.41, 5.74) is 0.429. The van der Waals surface area contributed by atoms with Crippen molar-refractivity contribution in [2.45, 2.75) is 0 Å². The predicted molar refractivity (Wildman–Crippen MR) is 42.6 cm³/mol. The highest BCUT2D eigenvalue weighted by atomic mass is 19.1. The van der Waals surface area contributed by atoms with Gasteiger partial charge in [-0.15, -0.1) is 0 Å². The van der Waals surface area contributed by atoms with Gasteiger partial charge in [0.05, 0.1) is 12.1 Å². The van der Waals surface area contributed by atoms with E-state index in [9.17, 15) is 4.39 Å². The number of rotatable bonds is 1. The number of hydrogen-bond acceptors (Lipinski definition) is 2. The molecule has 60 valence electrons. The molecule has 3 heteroatoms. The molecule has 0 spiro atoms. The molecular weight excluding hydrogens is 157 g/mol. The maximum absolute atomic E-state index is 12.4. The minimum absolute atomic E-state index is 0.155. The van der Waals surface area contributed by atoms with E-state index < -0.39 is 0 Å². The average Bonchev–Trinajstić information content (AvgIpc) is 2.06. The molecule has 0 fully saturated rings. The minimum atomic E-state index is -0.372. The van der Waals surface area contributed by atoms with Crippen LogP contribution in [0.2, 0.25) is 0 Å². The van der Waals surface area contributed by atoms with E-state index in [0.29, 0.717) is 5.56 Å². The summed E-state index contributed by atoms with van der Waals surface area (Å²) in [6, 6.07) is 6.92. The summed E-state index contributed by atoms with van der Waals surface area (Å²) in [5, 5.41) is 17.3. The summed E-state index contributed by atoms with van der Waals surface area (Å²) in [6.45, 7) is 0. The summed E-state index contributed by atoms with van der Waals surface area (Å²) in [7, 11) is 0. The molecular formula is C9H6FNO. The first-order chi connectivity index (χ1) is 5.74. The Morgan fingerprint density at radius 2 is 2.00 bits per heavy atom. The van der Waals surface area contributed by atoms with Gasteiger partial charge >= 0.3 is 0 Å². The van der Waals surface area contributed by atoms with Crippen molar-refractivity contribution in [3.05, 3.63) is 41.7 Å². The van der Waals surface area contributed by atoms with Gasteiger partial charge in [-0.3, -0.25) is 0 Å². The lowest BCUT2D eigenvalue weighted by Crippen LogP contribution is -1.82. The molecule has 1 aromatic rings. The Balaban J connectivity index is 2.99. The standard InChI is InChI=1S/C9H6FNO/c10-8-3-1-7(2-4-8)9(12)5-6-11/h1-5,12H. The third-order valence-electron chi connectivity index (χ3n) is 1.34. The highest BCUT2D eigenvalue weighted by Crippen LogP contribution is 2.10. The van der Waals surface area contributed by atoms with Crippen LogP contribution in [-0.4, -0.2) is 5.11 Å². The highest BCUT2D eigenvalue weighted by molar-refractivity contribution is 5.60. The predicted octanol–water partition coefficient (Wildman–Crippen LogP) is 2.25. The molecule has 0 saturated carbocycles. The fourth-order valence-corrected chi connectivity index (χ4v) is 0.765. The lowest BCUT2D eigenvalue weighted by atomic mass is 10.2. The molecule has 0 aromatic heterocycles. The highest BCUT2D eigenvalue weighted by Gasteiger charge is 1.97. The summed E-state index contributed by atoms with van der Waals surface area (Å²) < 4.78 is 12.4. The van der Waals surface area contributed by atoms with Gasteiger partial charge in [-0.1, -0.05) is 0 Å². The second-order valence-corrected chi connectivity index (χ2v) is 2.17. The Morgan fingerprint density at radius 1 is 1.42 bits per heavy atom. The molecule has 0 radical (unpaired) electrons. The number of nitriles is 1. The topological polar surface area (TPSA) is 44.0 Å². The van der Waals surface area contributed by atoms with Gasteiger partial charge < -0.3 is 5.11 Å². The van der Waals surface area contributed by atoms with E-state index in [2.05, 4.69) is 0 Å². The zero-order chi connectivity index (χ0) is 8.97. The normalized spacial score (nSPS) is 10.8. The third-order valence-corrected chi connectivity index (χ3v) is 1.34. The van der Waals surface area contributed by atoms with Crippen LogP contribution in [0.3, 0.4) is 0 Å². The average molecular weight is 163 g/mol. The summed E-state index contributed by atoms with van der Waals surface area (Å²) in [5.74, 6) is -0.527. The number of benzene rings is 1. The zero-order valence-corrected chi connectivity index (χ0v) is 6.16. The largest absolute Gasteiger partial charge is 0.507 e. The van der Waals surface area contributed by atoms with Crippen LogP contribution in [0.25, 0.3) is 5.76 Å². The van der Waals surface area contributed by atoms with E-state index in [4.69, 9.17) is 10.4 Å². The van der Waals surface area contributed by atoms with Crippen LogP contribution < -0.4 is 0 Å². The van der Waals surface area contributed by atoms with Gasteiger partial charge in [0.15, 0.2) is 0 Å². The smallest absolute Gasteiger partial charge is 0.133 e. The van der Waals surface area contributed by atoms with Gasteiger partial charge in [-0.25, -0.2) is 4.39 Å². The number of aliphatic hydroxyl groups excluding tert-OH is 1. The van der Waals surface area contributed by atoms with Gasteiger partial charge in [0.2, 0.25) is 0 Å². The Morgan fingerprint density at radius 3 is 2.50 bits per heavy atom. The van der Waals surface area contributed by atoms with Crippen molar-refractivity contribution >= 4 is 5.76 Å². The molecule has 0 atom stereocenters. The monoisotopic (exact) mass is 163 g/mol. The van der Waals surface area contributed by atoms with E-state index in [0.717, 1.165) is 6.08 Å². The molecule has 1 aromatic carbocycles. The van der Waals surface area contributed by atoms with Crippen molar-refractivity contribution in [1.29, 1.82) is 5.26 Å². The molecule has 12 heavy (non-hydrogen) atoms. The molecule has 2 nitrogen and oxygen atoms in total. The number of nitrogens with zero attached hydrogens (tertiary/aromatic N) is 1. The molecule has 0 saturated heterocycles. The van der Waals surface area contributed by atoms with Gasteiger partial charge in [0.25, 0.3) is 0 Å². The van der Waals surface area contributed by atoms with Gasteiger partial charge in [0.1, 0.15) is 11.6 Å². The fraction of sp³-hybridized carbons (Fsp3) is 0. The first kappa shape index (κ1) is 8.28. The minimum Gasteiger partial charge on any atom is -0.507 e. The third kappa shape index (κ3) is 1.83. The van der Waals surface area contributed by atoms with Crippen molar-refractivity contribution in [3.8, 4) is 6.07 Å². The SMILES string of the molecule is N#CC=C(O)c1ccc(F)cc1. The Bertz CT molecular complexity index is 335. The molecule has 1 N–H and O–H groups in total. The number of halogens is 1. The zero-order valence-electron chi connectivity index (χ0n) is 6.16. The molecule has 0 bridgehead atoms. The molecule has 0 aliphatic rings. The van der Waals surface area contributed by atoms with Crippen molar-refractivity contribution in [2.75, 3.05) is 0 Å². The van der Waals surface area contributed by atoms with Gasteiger partial charge in [-0.05, 0) is 24.3 Å². The van der Waals surface area contributed by atoms with Crippen molar-refractivity contribution in [3.63, 3.8) is 0 Å². The van der Waals surface area contributed by atoms with Crippen LogP contribution in [0.4, 0.5) is 4.39 Å². The lowest BCUT2D eigenvalue weighted by Gasteiger charge is -1.96. The maximum atomic E-state index is 12.4. The maximum Gasteiger partial charge on any atom is 0.133 e. The Kier molecular flexibility index (Phi) is 2.44. The van der Waals surface area contributed by atoms with Crippen LogP contribution in [0, 0.1) is 17.1 Å². The second-order valence-electron chi connectivity index (χ2n) is 2.17. The molecule has 0 aliphatic heterocycles. The van der Waals surface area contributed by atoms with Crippen LogP contribution in [-0.2, 0) is 0 Å². The van der Waals surface area contributed by atoms with Gasteiger partial charge in [-0.2, -0.15) is 5.26 Å². The van der Waals surface area contributed by atoms with E-state index in [-0.39, 0.29) is 11.6 Å². The second kappa shape index (κ2) is 3.54.